The molecule has 0 saturated carbocycles. The van der Waals surface area contributed by atoms with Crippen molar-refractivity contribution in [3.8, 4) is 5.75 Å². The molecule has 0 spiro atoms. The predicted octanol–water partition coefficient (Wildman–Crippen LogP) is 1.62. The zero-order valence-electron chi connectivity index (χ0n) is 9.45. The van der Waals surface area contributed by atoms with E-state index >= 15 is 0 Å². The first-order valence-corrected chi connectivity index (χ1v) is 4.92. The number of hydrogen-bond acceptors (Lipinski definition) is 7. The fourth-order valence-electron chi connectivity index (χ4n) is 1.72. The molecule has 0 fully saturated rings. The highest BCUT2D eigenvalue weighted by Crippen LogP contribution is 2.40. The maximum absolute atomic E-state index is 11.7. The minimum atomic E-state index is -1.17. The normalized spacial score (nSPS) is 10.6. The van der Waals surface area contributed by atoms with Gasteiger partial charge in [0, 0.05) is 6.07 Å². The number of hydrogen-bond donors (Lipinski definition) is 1. The van der Waals surface area contributed by atoms with Gasteiger partial charge in [-0.3, -0.25) is 25.0 Å². The zero-order valence-corrected chi connectivity index (χ0v) is 9.45. The van der Waals surface area contributed by atoms with Gasteiger partial charge < -0.3 is 9.52 Å². The Morgan fingerprint density at radius 2 is 1.84 bits per heavy atom. The lowest BCUT2D eigenvalue weighted by molar-refractivity contribution is -0.395. The fourth-order valence-corrected chi connectivity index (χ4v) is 1.72. The molecule has 9 nitrogen and oxygen atoms in total. The van der Waals surface area contributed by atoms with Gasteiger partial charge in [-0.1, -0.05) is 0 Å². The molecule has 0 unspecified atom stereocenters. The van der Waals surface area contributed by atoms with Crippen LogP contribution in [0.25, 0.3) is 11.0 Å². The third kappa shape index (κ3) is 1.86. The SMILES string of the molecule is Cc1cc(=O)c2c([N+](=O)[O-])c(O)c([N+](=O)[O-])cc2o1. The molecule has 1 aromatic heterocycles. The van der Waals surface area contributed by atoms with Crippen LogP contribution in [0, 0.1) is 27.2 Å². The van der Waals surface area contributed by atoms with Crippen LogP contribution in [-0.2, 0) is 0 Å². The first kappa shape index (κ1) is 12.5. The number of aryl methyl sites for hydroxylation is 1. The highest BCUT2D eigenvalue weighted by molar-refractivity contribution is 5.93. The van der Waals surface area contributed by atoms with Gasteiger partial charge in [-0.05, 0) is 6.92 Å². The van der Waals surface area contributed by atoms with Crippen LogP contribution in [0.3, 0.4) is 0 Å². The van der Waals surface area contributed by atoms with E-state index in [-0.39, 0.29) is 11.3 Å². The van der Waals surface area contributed by atoms with Crippen LogP contribution in [0.5, 0.6) is 5.75 Å². The van der Waals surface area contributed by atoms with Crippen LogP contribution in [0.4, 0.5) is 11.4 Å². The standard InChI is InChI=1S/C10H6N2O7/c1-4-2-6(13)8-7(19-4)3-5(11(15)16)10(14)9(8)12(17)18/h2-3,14H,1H3. The number of benzene rings is 1. The van der Waals surface area contributed by atoms with Gasteiger partial charge in [0.25, 0.3) is 5.75 Å². The zero-order chi connectivity index (χ0) is 14.3. The molecule has 0 saturated heterocycles. The Labute approximate surface area is 104 Å². The first-order chi connectivity index (χ1) is 8.82. The lowest BCUT2D eigenvalue weighted by atomic mass is 10.1. The molecule has 1 heterocycles. The summed E-state index contributed by atoms with van der Waals surface area (Å²) in [6.07, 6.45) is 0. The Morgan fingerprint density at radius 3 is 2.37 bits per heavy atom. The highest BCUT2D eigenvalue weighted by atomic mass is 16.6. The van der Waals surface area contributed by atoms with Gasteiger partial charge in [-0.15, -0.1) is 0 Å². The molecule has 0 aliphatic heterocycles. The first-order valence-electron chi connectivity index (χ1n) is 4.92. The number of phenolic OH excluding ortho intramolecular Hbond substituents is 1. The van der Waals surface area contributed by atoms with Crippen LogP contribution in [0.1, 0.15) is 5.76 Å². The van der Waals surface area contributed by atoms with Crippen LogP contribution in [-0.4, -0.2) is 15.0 Å². The summed E-state index contributed by atoms with van der Waals surface area (Å²) in [5, 5.41) is 30.7. The van der Waals surface area contributed by atoms with E-state index in [2.05, 4.69) is 0 Å². The molecule has 0 aliphatic carbocycles. The van der Waals surface area contributed by atoms with Crippen molar-refractivity contribution in [3.63, 3.8) is 0 Å². The number of rotatable bonds is 2. The highest BCUT2D eigenvalue weighted by Gasteiger charge is 2.31. The van der Waals surface area contributed by atoms with E-state index in [1.54, 1.807) is 0 Å². The smallest absolute Gasteiger partial charge is 0.332 e. The minimum Gasteiger partial charge on any atom is -0.497 e. The summed E-state index contributed by atoms with van der Waals surface area (Å²) in [5.41, 5.74) is -3.00. The molecule has 0 amide bonds. The Morgan fingerprint density at radius 1 is 1.21 bits per heavy atom. The second kappa shape index (κ2) is 4.05. The Balaban J connectivity index is 3.09. The van der Waals surface area contributed by atoms with Gasteiger partial charge in [0.1, 0.15) is 11.1 Å². The fraction of sp³-hybridized carbons (Fsp3) is 0.100. The molecular weight excluding hydrogens is 260 g/mol. The van der Waals surface area contributed by atoms with Crippen molar-refractivity contribution in [2.24, 2.45) is 0 Å². The maximum atomic E-state index is 11.7. The molecule has 0 atom stereocenters. The number of fused-ring (bicyclic) bond motifs is 1. The Hall–Kier alpha value is -2.97. The number of nitro groups is 2. The van der Waals surface area contributed by atoms with E-state index in [4.69, 9.17) is 4.42 Å². The summed E-state index contributed by atoms with van der Waals surface area (Å²) in [4.78, 5) is 31.3. The Bertz CT molecular complexity index is 778. The lowest BCUT2D eigenvalue weighted by Crippen LogP contribution is -2.05. The van der Waals surface area contributed by atoms with E-state index in [0.717, 1.165) is 12.1 Å². The molecule has 0 aliphatic rings. The van der Waals surface area contributed by atoms with E-state index < -0.39 is 37.8 Å². The van der Waals surface area contributed by atoms with Crippen molar-refractivity contribution in [2.45, 2.75) is 6.92 Å². The van der Waals surface area contributed by atoms with Crippen molar-refractivity contribution in [3.05, 3.63) is 48.3 Å². The van der Waals surface area contributed by atoms with Crippen molar-refractivity contribution >= 4 is 22.3 Å². The third-order valence-corrected chi connectivity index (χ3v) is 2.45. The van der Waals surface area contributed by atoms with Crippen molar-refractivity contribution in [1.82, 2.24) is 0 Å². The van der Waals surface area contributed by atoms with Crippen LogP contribution >= 0.6 is 0 Å². The summed E-state index contributed by atoms with van der Waals surface area (Å²) < 4.78 is 5.06. The second-order valence-corrected chi connectivity index (χ2v) is 3.70. The van der Waals surface area contributed by atoms with E-state index in [0.29, 0.717) is 0 Å². The molecule has 9 heteroatoms. The maximum Gasteiger partial charge on any atom is 0.332 e. The molecule has 0 bridgehead atoms. The molecule has 1 aromatic carbocycles. The monoisotopic (exact) mass is 266 g/mol. The Kier molecular flexibility index (Phi) is 2.66. The predicted molar refractivity (Wildman–Crippen MR) is 62.2 cm³/mol. The van der Waals surface area contributed by atoms with E-state index in [1.165, 1.54) is 6.92 Å². The molecule has 98 valence electrons. The summed E-state index contributed by atoms with van der Waals surface area (Å²) in [6, 6.07) is 1.78. The number of phenols is 1. The number of aromatic hydroxyl groups is 1. The van der Waals surface area contributed by atoms with Gasteiger partial charge >= 0.3 is 11.4 Å². The van der Waals surface area contributed by atoms with Gasteiger partial charge in [-0.2, -0.15) is 0 Å². The van der Waals surface area contributed by atoms with Crippen LogP contribution in [0.15, 0.2) is 21.3 Å². The lowest BCUT2D eigenvalue weighted by Gasteiger charge is -2.02. The van der Waals surface area contributed by atoms with Crippen LogP contribution in [0.2, 0.25) is 0 Å². The summed E-state index contributed by atoms with van der Waals surface area (Å²) in [7, 11) is 0. The minimum absolute atomic E-state index is 0.145. The number of nitrogens with zero attached hydrogens (tertiary/aromatic N) is 2. The average molecular weight is 266 g/mol. The molecule has 2 rings (SSSR count). The van der Waals surface area contributed by atoms with E-state index in [1.807, 2.05) is 0 Å². The van der Waals surface area contributed by atoms with Gasteiger partial charge in [0.2, 0.25) is 0 Å². The van der Waals surface area contributed by atoms with Crippen molar-refractivity contribution < 1.29 is 19.4 Å². The van der Waals surface area contributed by atoms with Crippen molar-refractivity contribution in [2.75, 3.05) is 0 Å². The summed E-state index contributed by atoms with van der Waals surface area (Å²) in [5.74, 6) is -1.02. The largest absolute Gasteiger partial charge is 0.497 e. The average Bonchev–Trinajstić information content (AvgIpc) is 2.28. The quantitative estimate of drug-likeness (QED) is 0.643. The molecule has 1 N–H and O–H groups in total. The van der Waals surface area contributed by atoms with Crippen molar-refractivity contribution in [1.29, 1.82) is 0 Å². The summed E-state index contributed by atoms with van der Waals surface area (Å²) in [6.45, 7) is 1.42. The number of nitro benzene ring substituents is 2. The van der Waals surface area contributed by atoms with Gasteiger partial charge in [-0.25, -0.2) is 0 Å². The second-order valence-electron chi connectivity index (χ2n) is 3.70. The molecule has 0 radical (unpaired) electrons. The molecular formula is C10H6N2O7. The molecule has 19 heavy (non-hydrogen) atoms. The van der Waals surface area contributed by atoms with E-state index in [9.17, 15) is 30.1 Å². The van der Waals surface area contributed by atoms with Crippen LogP contribution < -0.4 is 5.43 Å². The third-order valence-electron chi connectivity index (χ3n) is 2.45. The van der Waals surface area contributed by atoms with Gasteiger partial charge in [0.15, 0.2) is 11.0 Å². The molecule has 2 aromatic rings. The van der Waals surface area contributed by atoms with Gasteiger partial charge in [0.05, 0.1) is 15.9 Å². The topological polar surface area (TPSA) is 137 Å². The summed E-state index contributed by atoms with van der Waals surface area (Å²) >= 11 is 0.